The lowest BCUT2D eigenvalue weighted by Gasteiger charge is -2.09. The normalized spacial score (nSPS) is 14.0. The van der Waals surface area contributed by atoms with Gasteiger partial charge in [-0.05, 0) is 12.1 Å². The van der Waals surface area contributed by atoms with Crippen LogP contribution in [0, 0.1) is 0 Å². The van der Waals surface area contributed by atoms with Crippen LogP contribution in [0.5, 0.6) is 11.5 Å². The van der Waals surface area contributed by atoms with Crippen molar-refractivity contribution in [3.05, 3.63) is 22.7 Å². The molecule has 0 N–H and O–H groups in total. The van der Waals surface area contributed by atoms with E-state index < -0.39 is 17.5 Å². The smallest absolute Gasteiger partial charge is 0.454 e. The standard InChI is InChI=1S/C9H4ClF3O3/c10-4-1-2-5-7(16-3-15-5)6(4)8(14)9(11,12)13/h1-2H,3H2. The maximum atomic E-state index is 12.3. The summed E-state index contributed by atoms with van der Waals surface area (Å²) in [6, 6.07) is 2.51. The molecule has 0 aliphatic carbocycles. The number of hydrogen-bond acceptors (Lipinski definition) is 3. The number of ether oxygens (including phenoxy) is 2. The Balaban J connectivity index is 2.57. The minimum Gasteiger partial charge on any atom is -0.454 e. The Morgan fingerprint density at radius 1 is 1.31 bits per heavy atom. The van der Waals surface area contributed by atoms with Crippen LogP contribution in [-0.4, -0.2) is 18.8 Å². The van der Waals surface area contributed by atoms with Gasteiger partial charge >= 0.3 is 6.18 Å². The molecule has 7 heteroatoms. The van der Waals surface area contributed by atoms with E-state index >= 15 is 0 Å². The fourth-order valence-corrected chi connectivity index (χ4v) is 1.54. The van der Waals surface area contributed by atoms with E-state index in [1.54, 1.807) is 0 Å². The first-order valence-electron chi connectivity index (χ1n) is 4.11. The Morgan fingerprint density at radius 2 is 2.00 bits per heavy atom. The monoisotopic (exact) mass is 252 g/mol. The zero-order chi connectivity index (χ0) is 11.9. The van der Waals surface area contributed by atoms with Crippen molar-refractivity contribution in [2.45, 2.75) is 6.18 Å². The molecule has 1 aromatic carbocycles. The van der Waals surface area contributed by atoms with Gasteiger partial charge in [-0.25, -0.2) is 0 Å². The predicted molar refractivity (Wildman–Crippen MR) is 48.0 cm³/mol. The van der Waals surface area contributed by atoms with Crippen LogP contribution in [0.2, 0.25) is 5.02 Å². The van der Waals surface area contributed by atoms with Crippen molar-refractivity contribution >= 4 is 17.4 Å². The van der Waals surface area contributed by atoms with E-state index in [0.717, 1.165) is 6.07 Å². The second-order valence-electron chi connectivity index (χ2n) is 2.98. The lowest BCUT2D eigenvalue weighted by atomic mass is 10.1. The number of fused-ring (bicyclic) bond motifs is 1. The summed E-state index contributed by atoms with van der Waals surface area (Å²) in [5.41, 5.74) is -0.704. The van der Waals surface area contributed by atoms with E-state index in [1.165, 1.54) is 6.07 Å². The predicted octanol–water partition coefficient (Wildman–Crippen LogP) is 2.81. The molecule has 0 amide bonds. The van der Waals surface area contributed by atoms with Gasteiger partial charge in [0.25, 0.3) is 5.78 Å². The van der Waals surface area contributed by atoms with E-state index in [-0.39, 0.29) is 23.3 Å². The van der Waals surface area contributed by atoms with Crippen molar-refractivity contribution < 1.29 is 27.4 Å². The molecule has 0 bridgehead atoms. The van der Waals surface area contributed by atoms with Crippen molar-refractivity contribution in [1.82, 2.24) is 0 Å². The van der Waals surface area contributed by atoms with Crippen LogP contribution >= 0.6 is 11.6 Å². The lowest BCUT2D eigenvalue weighted by Crippen LogP contribution is -2.23. The minimum absolute atomic E-state index is 0.0806. The quantitative estimate of drug-likeness (QED) is 0.721. The molecule has 0 spiro atoms. The van der Waals surface area contributed by atoms with Crippen LogP contribution in [0.25, 0.3) is 0 Å². The largest absolute Gasteiger partial charge is 0.455 e. The third-order valence-electron chi connectivity index (χ3n) is 1.97. The number of carbonyl (C=O) groups is 1. The number of ketones is 1. The average molecular weight is 253 g/mol. The highest BCUT2D eigenvalue weighted by molar-refractivity contribution is 6.34. The van der Waals surface area contributed by atoms with Crippen molar-refractivity contribution in [3.63, 3.8) is 0 Å². The van der Waals surface area contributed by atoms with Crippen LogP contribution in [-0.2, 0) is 0 Å². The van der Waals surface area contributed by atoms with Gasteiger partial charge in [0.2, 0.25) is 6.79 Å². The number of hydrogen-bond donors (Lipinski definition) is 0. The molecule has 16 heavy (non-hydrogen) atoms. The number of rotatable bonds is 1. The molecule has 0 aromatic heterocycles. The van der Waals surface area contributed by atoms with Crippen LogP contribution < -0.4 is 9.47 Å². The maximum Gasteiger partial charge on any atom is 0.455 e. The Hall–Kier alpha value is -1.43. The minimum atomic E-state index is -5.00. The van der Waals surface area contributed by atoms with Gasteiger partial charge in [-0.3, -0.25) is 4.79 Å². The first-order valence-corrected chi connectivity index (χ1v) is 4.48. The molecule has 0 saturated carbocycles. The van der Waals surface area contributed by atoms with Crippen LogP contribution in [0.1, 0.15) is 10.4 Å². The van der Waals surface area contributed by atoms with E-state index in [2.05, 4.69) is 0 Å². The molecule has 86 valence electrons. The van der Waals surface area contributed by atoms with Crippen molar-refractivity contribution in [2.75, 3.05) is 6.79 Å². The average Bonchev–Trinajstić information content (AvgIpc) is 2.63. The highest BCUT2D eigenvalue weighted by Gasteiger charge is 2.43. The van der Waals surface area contributed by atoms with Gasteiger partial charge in [-0.1, -0.05) is 11.6 Å². The summed E-state index contributed by atoms with van der Waals surface area (Å²) in [6.45, 7) is -0.228. The highest BCUT2D eigenvalue weighted by Crippen LogP contribution is 2.41. The fraction of sp³-hybridized carbons (Fsp3) is 0.222. The molecule has 1 heterocycles. The van der Waals surface area contributed by atoms with E-state index in [0.29, 0.717) is 0 Å². The van der Waals surface area contributed by atoms with Gasteiger partial charge in [-0.2, -0.15) is 13.2 Å². The first kappa shape index (κ1) is 11.1. The molecule has 0 fully saturated rings. The molecule has 0 saturated heterocycles. The number of benzene rings is 1. The molecule has 3 nitrogen and oxygen atoms in total. The van der Waals surface area contributed by atoms with Crippen molar-refractivity contribution in [1.29, 1.82) is 0 Å². The number of carbonyl (C=O) groups excluding carboxylic acids is 1. The number of halogens is 4. The zero-order valence-electron chi connectivity index (χ0n) is 7.60. The lowest BCUT2D eigenvalue weighted by molar-refractivity contribution is -0.0886. The van der Waals surface area contributed by atoms with Gasteiger partial charge in [-0.15, -0.1) is 0 Å². The second kappa shape index (κ2) is 3.55. The maximum absolute atomic E-state index is 12.3. The van der Waals surface area contributed by atoms with E-state index in [1.807, 2.05) is 0 Å². The molecular formula is C9H4ClF3O3. The Morgan fingerprint density at radius 3 is 2.62 bits per heavy atom. The van der Waals surface area contributed by atoms with Gasteiger partial charge in [0.15, 0.2) is 11.5 Å². The summed E-state index contributed by atoms with van der Waals surface area (Å²) in [5, 5.41) is -0.313. The summed E-state index contributed by atoms with van der Waals surface area (Å²) in [4.78, 5) is 11.1. The molecule has 0 unspecified atom stereocenters. The summed E-state index contributed by atoms with van der Waals surface area (Å²) >= 11 is 5.55. The Labute approximate surface area is 92.7 Å². The fourth-order valence-electron chi connectivity index (χ4n) is 1.30. The van der Waals surface area contributed by atoms with Gasteiger partial charge in [0.1, 0.15) is 0 Å². The van der Waals surface area contributed by atoms with Crippen molar-refractivity contribution in [2.24, 2.45) is 0 Å². The van der Waals surface area contributed by atoms with E-state index in [9.17, 15) is 18.0 Å². The first-order chi connectivity index (χ1) is 7.41. The molecule has 1 aromatic rings. The van der Waals surface area contributed by atoms with Crippen LogP contribution in [0.15, 0.2) is 12.1 Å². The summed E-state index contributed by atoms with van der Waals surface area (Å²) < 4.78 is 46.5. The molecule has 1 aliphatic heterocycles. The number of Topliss-reactive ketones (excluding diaryl/α,β-unsaturated/α-hetero) is 1. The molecule has 0 radical (unpaired) electrons. The van der Waals surface area contributed by atoms with Gasteiger partial charge in [0.05, 0.1) is 10.6 Å². The summed E-state index contributed by atoms with van der Waals surface area (Å²) in [6.07, 6.45) is -5.00. The SMILES string of the molecule is O=C(c1c(Cl)ccc2c1OCO2)C(F)(F)F. The second-order valence-corrected chi connectivity index (χ2v) is 3.39. The zero-order valence-corrected chi connectivity index (χ0v) is 8.35. The molecule has 1 aliphatic rings. The van der Waals surface area contributed by atoms with Gasteiger partial charge < -0.3 is 9.47 Å². The summed E-state index contributed by atoms with van der Waals surface area (Å²) in [5.74, 6) is -2.22. The topological polar surface area (TPSA) is 35.5 Å². The van der Waals surface area contributed by atoms with E-state index in [4.69, 9.17) is 21.1 Å². The van der Waals surface area contributed by atoms with Crippen molar-refractivity contribution in [3.8, 4) is 11.5 Å². The molecule has 2 rings (SSSR count). The van der Waals surface area contributed by atoms with Crippen LogP contribution in [0.3, 0.4) is 0 Å². The van der Waals surface area contributed by atoms with Crippen LogP contribution in [0.4, 0.5) is 13.2 Å². The Kier molecular flexibility index (Phi) is 2.46. The van der Waals surface area contributed by atoms with Gasteiger partial charge in [0, 0.05) is 0 Å². The highest BCUT2D eigenvalue weighted by atomic mass is 35.5. The molecular weight excluding hydrogens is 249 g/mol. The third kappa shape index (κ3) is 1.69. The number of alkyl halides is 3. The molecule has 0 atom stereocenters. The Bertz CT molecular complexity index is 456. The third-order valence-corrected chi connectivity index (χ3v) is 2.29. The summed E-state index contributed by atoms with van der Waals surface area (Å²) in [7, 11) is 0.